The Morgan fingerprint density at radius 3 is 3.19 bits per heavy atom. The van der Waals surface area contributed by atoms with Crippen molar-refractivity contribution in [2.24, 2.45) is 0 Å². The van der Waals surface area contributed by atoms with E-state index < -0.39 is 0 Å². The Kier molecular flexibility index (Phi) is 2.34. The molecule has 4 heteroatoms. The molecule has 0 bridgehead atoms. The van der Waals surface area contributed by atoms with Crippen molar-refractivity contribution < 1.29 is 0 Å². The monoisotopic (exact) mass is 229 g/mol. The Labute approximate surface area is 97.2 Å². The molecule has 0 aliphatic heterocycles. The first-order chi connectivity index (χ1) is 7.92. The van der Waals surface area contributed by atoms with E-state index in [1.54, 1.807) is 11.3 Å². The maximum atomic E-state index is 4.05. The Morgan fingerprint density at radius 1 is 1.31 bits per heavy atom. The van der Waals surface area contributed by atoms with Crippen molar-refractivity contribution in [2.75, 3.05) is 5.32 Å². The largest absolute Gasteiger partial charge is 0.380 e. The Bertz CT molecular complexity index is 583. The van der Waals surface area contributed by atoms with Crippen LogP contribution in [0, 0.1) is 0 Å². The molecule has 0 saturated carbocycles. The maximum Gasteiger partial charge on any atom is 0.0794 e. The van der Waals surface area contributed by atoms with Gasteiger partial charge in [-0.3, -0.25) is 4.98 Å². The van der Waals surface area contributed by atoms with Crippen molar-refractivity contribution in [1.82, 2.24) is 9.97 Å². The Morgan fingerprint density at radius 2 is 2.31 bits per heavy atom. The van der Waals surface area contributed by atoms with Gasteiger partial charge in [-0.15, -0.1) is 11.3 Å². The second kappa shape index (κ2) is 3.98. The SMILES string of the molecule is c1cc2cc(NCc3cncs3)ccc2[nH]1. The molecule has 16 heavy (non-hydrogen) atoms. The molecule has 0 fully saturated rings. The molecule has 2 heterocycles. The number of aromatic amines is 1. The number of hydrogen-bond acceptors (Lipinski definition) is 3. The summed E-state index contributed by atoms with van der Waals surface area (Å²) in [6.45, 7) is 0.834. The number of hydrogen-bond donors (Lipinski definition) is 2. The number of fused-ring (bicyclic) bond motifs is 1. The summed E-state index contributed by atoms with van der Waals surface area (Å²) in [6.07, 6.45) is 3.85. The summed E-state index contributed by atoms with van der Waals surface area (Å²) in [5.41, 5.74) is 4.16. The summed E-state index contributed by atoms with van der Waals surface area (Å²) in [7, 11) is 0. The van der Waals surface area contributed by atoms with E-state index in [9.17, 15) is 0 Å². The van der Waals surface area contributed by atoms with Crippen molar-refractivity contribution >= 4 is 27.9 Å². The molecule has 0 aliphatic rings. The van der Waals surface area contributed by atoms with Gasteiger partial charge < -0.3 is 10.3 Å². The minimum atomic E-state index is 0.834. The fourth-order valence-electron chi connectivity index (χ4n) is 1.68. The van der Waals surface area contributed by atoms with Gasteiger partial charge in [-0.05, 0) is 24.3 Å². The van der Waals surface area contributed by atoms with E-state index in [0.29, 0.717) is 0 Å². The summed E-state index contributed by atoms with van der Waals surface area (Å²) in [6, 6.07) is 8.39. The van der Waals surface area contributed by atoms with E-state index in [0.717, 1.165) is 12.2 Å². The van der Waals surface area contributed by atoms with Crippen LogP contribution >= 0.6 is 11.3 Å². The lowest BCUT2D eigenvalue weighted by Crippen LogP contribution is -1.96. The average molecular weight is 229 g/mol. The predicted octanol–water partition coefficient (Wildman–Crippen LogP) is 3.24. The zero-order valence-electron chi connectivity index (χ0n) is 8.60. The number of rotatable bonds is 3. The van der Waals surface area contributed by atoms with E-state index in [1.807, 2.05) is 17.9 Å². The smallest absolute Gasteiger partial charge is 0.0794 e. The molecule has 0 radical (unpaired) electrons. The molecule has 3 aromatic rings. The van der Waals surface area contributed by atoms with Gasteiger partial charge in [0.05, 0.1) is 12.1 Å². The zero-order valence-corrected chi connectivity index (χ0v) is 9.42. The van der Waals surface area contributed by atoms with Gasteiger partial charge in [-0.1, -0.05) is 0 Å². The van der Waals surface area contributed by atoms with E-state index in [2.05, 4.69) is 39.6 Å². The highest BCUT2D eigenvalue weighted by atomic mass is 32.1. The molecular weight excluding hydrogens is 218 g/mol. The van der Waals surface area contributed by atoms with E-state index in [1.165, 1.54) is 15.8 Å². The Balaban J connectivity index is 1.78. The first-order valence-corrected chi connectivity index (χ1v) is 5.98. The average Bonchev–Trinajstić information content (AvgIpc) is 2.97. The van der Waals surface area contributed by atoms with Crippen molar-refractivity contribution in [3.63, 3.8) is 0 Å². The van der Waals surface area contributed by atoms with Crippen LogP contribution in [0.5, 0.6) is 0 Å². The lowest BCUT2D eigenvalue weighted by molar-refractivity contribution is 1.18. The molecule has 0 atom stereocenters. The van der Waals surface area contributed by atoms with Gasteiger partial charge in [-0.25, -0.2) is 0 Å². The highest BCUT2D eigenvalue weighted by Gasteiger charge is 1.98. The van der Waals surface area contributed by atoms with E-state index >= 15 is 0 Å². The van der Waals surface area contributed by atoms with E-state index in [4.69, 9.17) is 0 Å². The molecule has 80 valence electrons. The van der Waals surface area contributed by atoms with Crippen LogP contribution in [0.1, 0.15) is 4.88 Å². The zero-order chi connectivity index (χ0) is 10.8. The highest BCUT2D eigenvalue weighted by Crippen LogP contribution is 2.18. The third kappa shape index (κ3) is 1.79. The normalized spacial score (nSPS) is 10.8. The first-order valence-electron chi connectivity index (χ1n) is 5.10. The molecule has 0 spiro atoms. The van der Waals surface area contributed by atoms with Crippen LogP contribution in [0.15, 0.2) is 42.2 Å². The summed E-state index contributed by atoms with van der Waals surface area (Å²) >= 11 is 1.67. The minimum Gasteiger partial charge on any atom is -0.380 e. The summed E-state index contributed by atoms with van der Waals surface area (Å²) in [4.78, 5) is 8.47. The summed E-state index contributed by atoms with van der Waals surface area (Å²) in [5.74, 6) is 0. The molecule has 0 aliphatic carbocycles. The standard InChI is InChI=1S/C12H11N3S/c1-2-12-9(3-4-14-12)5-10(1)15-7-11-6-13-8-16-11/h1-6,8,14-15H,7H2. The van der Waals surface area contributed by atoms with Gasteiger partial charge in [0.1, 0.15) is 0 Å². The van der Waals surface area contributed by atoms with Gasteiger partial charge >= 0.3 is 0 Å². The van der Waals surface area contributed by atoms with Crippen LogP contribution in [-0.4, -0.2) is 9.97 Å². The number of nitrogens with one attached hydrogen (secondary N) is 2. The number of anilines is 1. The second-order valence-electron chi connectivity index (χ2n) is 3.60. The van der Waals surface area contributed by atoms with E-state index in [-0.39, 0.29) is 0 Å². The number of benzene rings is 1. The quantitative estimate of drug-likeness (QED) is 0.724. The number of H-pyrrole nitrogens is 1. The molecule has 1 aromatic carbocycles. The first kappa shape index (κ1) is 9.42. The topological polar surface area (TPSA) is 40.7 Å². The van der Waals surface area contributed by atoms with Crippen LogP contribution in [0.2, 0.25) is 0 Å². The van der Waals surface area contributed by atoms with Crippen LogP contribution in [0.4, 0.5) is 5.69 Å². The van der Waals surface area contributed by atoms with Crippen LogP contribution < -0.4 is 5.32 Å². The van der Waals surface area contributed by atoms with Gasteiger partial charge in [0.2, 0.25) is 0 Å². The molecule has 3 nitrogen and oxygen atoms in total. The third-order valence-corrected chi connectivity index (χ3v) is 3.28. The second-order valence-corrected chi connectivity index (χ2v) is 4.57. The molecule has 3 rings (SSSR count). The number of thiazole rings is 1. The van der Waals surface area contributed by atoms with Gasteiger partial charge in [0.25, 0.3) is 0 Å². The molecule has 0 saturated heterocycles. The molecule has 2 aromatic heterocycles. The summed E-state index contributed by atoms with van der Waals surface area (Å²) < 4.78 is 0. The van der Waals surface area contributed by atoms with Crippen molar-refractivity contribution in [2.45, 2.75) is 6.54 Å². The predicted molar refractivity (Wildman–Crippen MR) is 67.7 cm³/mol. The number of nitrogens with zero attached hydrogens (tertiary/aromatic N) is 1. The lowest BCUT2D eigenvalue weighted by atomic mass is 10.2. The van der Waals surface area contributed by atoms with Gasteiger partial charge in [0.15, 0.2) is 0 Å². The fourth-order valence-corrected chi connectivity index (χ4v) is 2.22. The molecule has 0 unspecified atom stereocenters. The van der Waals surface area contributed by atoms with Crippen LogP contribution in [-0.2, 0) is 6.54 Å². The fraction of sp³-hybridized carbons (Fsp3) is 0.0833. The van der Waals surface area contributed by atoms with Crippen LogP contribution in [0.3, 0.4) is 0 Å². The summed E-state index contributed by atoms with van der Waals surface area (Å²) in [5, 5.41) is 4.62. The van der Waals surface area contributed by atoms with Gasteiger partial charge in [-0.2, -0.15) is 0 Å². The van der Waals surface area contributed by atoms with Gasteiger partial charge in [0, 0.05) is 33.9 Å². The van der Waals surface area contributed by atoms with Crippen LogP contribution in [0.25, 0.3) is 10.9 Å². The number of aromatic nitrogens is 2. The van der Waals surface area contributed by atoms with Crippen molar-refractivity contribution in [3.05, 3.63) is 47.0 Å². The van der Waals surface area contributed by atoms with Crippen molar-refractivity contribution in [3.8, 4) is 0 Å². The molecule has 0 amide bonds. The lowest BCUT2D eigenvalue weighted by Gasteiger charge is -2.04. The maximum absolute atomic E-state index is 4.05. The minimum absolute atomic E-state index is 0.834. The Hall–Kier alpha value is -1.81. The molecule has 2 N–H and O–H groups in total. The van der Waals surface area contributed by atoms with Crippen molar-refractivity contribution in [1.29, 1.82) is 0 Å². The third-order valence-electron chi connectivity index (χ3n) is 2.50. The molecular formula is C12H11N3S. The highest BCUT2D eigenvalue weighted by molar-refractivity contribution is 7.09.